The molecule has 0 spiro atoms. The van der Waals surface area contributed by atoms with Gasteiger partial charge in [0.15, 0.2) is 22.9 Å². The van der Waals surface area contributed by atoms with Crippen LogP contribution in [0, 0.1) is 0 Å². The van der Waals surface area contributed by atoms with Gasteiger partial charge in [-0.3, -0.25) is 9.59 Å². The van der Waals surface area contributed by atoms with E-state index in [9.17, 15) is 14.7 Å². The lowest BCUT2D eigenvalue weighted by Gasteiger charge is -2.20. The largest absolute Gasteiger partial charge is 0.454 e. The Morgan fingerprint density at radius 3 is 2.83 bits per heavy atom. The fourth-order valence-corrected chi connectivity index (χ4v) is 2.88. The molecule has 0 saturated heterocycles. The standard InChI is InChI=1S/C17H13NO5/c19-13(10-5-6-14-15(7-10)23-9-22-14)8-17(21)11-3-1-2-4-12(11)18-16(17)20/h1-7,21H,8-9H2,(H,18,20)/t17-/m1/s1. The van der Waals surface area contributed by atoms with E-state index in [-0.39, 0.29) is 19.0 Å². The van der Waals surface area contributed by atoms with Crippen LogP contribution in [0.25, 0.3) is 0 Å². The quantitative estimate of drug-likeness (QED) is 0.845. The molecule has 2 aromatic carbocycles. The van der Waals surface area contributed by atoms with Gasteiger partial charge in [-0.05, 0) is 24.3 Å². The predicted octanol–water partition coefficient (Wildman–Crippen LogP) is 1.83. The second-order valence-electron chi connectivity index (χ2n) is 5.53. The maximum atomic E-state index is 12.5. The van der Waals surface area contributed by atoms with Crippen LogP contribution < -0.4 is 14.8 Å². The molecule has 2 aliphatic heterocycles. The zero-order valence-electron chi connectivity index (χ0n) is 12.0. The first kappa shape index (κ1) is 13.8. The number of aliphatic hydroxyl groups is 1. The number of Topliss-reactive ketones (excluding diaryl/α,β-unsaturated/α-hetero) is 1. The summed E-state index contributed by atoms with van der Waals surface area (Å²) in [6.07, 6.45) is -0.338. The molecule has 0 aliphatic carbocycles. The van der Waals surface area contributed by atoms with Crippen molar-refractivity contribution in [3.63, 3.8) is 0 Å². The van der Waals surface area contributed by atoms with Crippen molar-refractivity contribution in [3.8, 4) is 11.5 Å². The van der Waals surface area contributed by atoms with Crippen molar-refractivity contribution >= 4 is 17.4 Å². The molecule has 2 N–H and O–H groups in total. The van der Waals surface area contributed by atoms with Gasteiger partial charge in [0.1, 0.15) is 0 Å². The smallest absolute Gasteiger partial charge is 0.261 e. The number of rotatable bonds is 3. The fraction of sp³-hybridized carbons (Fsp3) is 0.176. The Morgan fingerprint density at radius 1 is 1.17 bits per heavy atom. The molecule has 116 valence electrons. The van der Waals surface area contributed by atoms with Gasteiger partial charge < -0.3 is 19.9 Å². The summed E-state index contributed by atoms with van der Waals surface area (Å²) in [6.45, 7) is 0.118. The zero-order valence-corrected chi connectivity index (χ0v) is 12.0. The van der Waals surface area contributed by atoms with Crippen LogP contribution in [0.1, 0.15) is 22.3 Å². The Labute approximate surface area is 131 Å². The number of anilines is 1. The van der Waals surface area contributed by atoms with Gasteiger partial charge in [-0.2, -0.15) is 0 Å². The molecule has 0 aromatic heterocycles. The molecule has 4 rings (SSSR count). The number of amides is 1. The molecule has 0 saturated carbocycles. The minimum absolute atomic E-state index is 0.118. The minimum atomic E-state index is -1.86. The molecule has 2 aliphatic rings. The average molecular weight is 311 g/mol. The number of hydrogen-bond acceptors (Lipinski definition) is 5. The summed E-state index contributed by atoms with van der Waals surface area (Å²) in [5.41, 5.74) is -0.554. The van der Waals surface area contributed by atoms with Crippen LogP contribution >= 0.6 is 0 Å². The highest BCUT2D eigenvalue weighted by Gasteiger charge is 2.46. The normalized spacial score (nSPS) is 21.0. The van der Waals surface area contributed by atoms with Crippen molar-refractivity contribution in [1.29, 1.82) is 0 Å². The predicted molar refractivity (Wildman–Crippen MR) is 80.5 cm³/mol. The fourth-order valence-electron chi connectivity index (χ4n) is 2.88. The number of benzene rings is 2. The third kappa shape index (κ3) is 2.07. The molecule has 0 fully saturated rings. The first-order valence-electron chi connectivity index (χ1n) is 7.14. The molecule has 1 atom stereocenters. The second kappa shape index (κ2) is 4.82. The summed E-state index contributed by atoms with van der Waals surface area (Å²) < 4.78 is 10.4. The van der Waals surface area contributed by atoms with E-state index in [2.05, 4.69) is 5.32 Å². The molecule has 0 bridgehead atoms. The Kier molecular flexibility index (Phi) is 2.89. The lowest BCUT2D eigenvalue weighted by Crippen LogP contribution is -2.36. The van der Waals surface area contributed by atoms with Gasteiger partial charge in [0.2, 0.25) is 6.79 Å². The van der Waals surface area contributed by atoms with Crippen molar-refractivity contribution in [1.82, 2.24) is 0 Å². The van der Waals surface area contributed by atoms with Crippen LogP contribution in [-0.2, 0) is 10.4 Å². The summed E-state index contributed by atoms with van der Waals surface area (Å²) in [5, 5.41) is 13.3. The maximum Gasteiger partial charge on any atom is 0.261 e. The Morgan fingerprint density at radius 2 is 1.96 bits per heavy atom. The van der Waals surface area contributed by atoms with Crippen LogP contribution in [0.3, 0.4) is 0 Å². The van der Waals surface area contributed by atoms with Crippen LogP contribution in [0.5, 0.6) is 11.5 Å². The van der Waals surface area contributed by atoms with Crippen molar-refractivity contribution in [2.45, 2.75) is 12.0 Å². The molecule has 1 amide bonds. The monoisotopic (exact) mass is 311 g/mol. The van der Waals surface area contributed by atoms with E-state index in [0.717, 1.165) is 0 Å². The number of carbonyl (C=O) groups is 2. The van der Waals surface area contributed by atoms with Crippen molar-refractivity contribution < 1.29 is 24.2 Å². The van der Waals surface area contributed by atoms with Crippen molar-refractivity contribution in [2.24, 2.45) is 0 Å². The van der Waals surface area contributed by atoms with Crippen LogP contribution in [0.2, 0.25) is 0 Å². The SMILES string of the molecule is O=C(C[C@]1(O)C(=O)Nc2ccccc21)c1ccc2c(c1)OCO2. The number of para-hydroxylation sites is 1. The molecule has 23 heavy (non-hydrogen) atoms. The molecule has 6 nitrogen and oxygen atoms in total. The summed E-state index contributed by atoms with van der Waals surface area (Å²) in [5.74, 6) is 0.119. The number of fused-ring (bicyclic) bond motifs is 2. The molecule has 6 heteroatoms. The highest BCUT2D eigenvalue weighted by Crippen LogP contribution is 2.39. The maximum absolute atomic E-state index is 12.5. The molecule has 0 unspecified atom stereocenters. The summed E-state index contributed by atoms with van der Waals surface area (Å²) in [7, 11) is 0. The van der Waals surface area contributed by atoms with Gasteiger partial charge in [-0.25, -0.2) is 0 Å². The van der Waals surface area contributed by atoms with Gasteiger partial charge in [0.05, 0.1) is 6.42 Å². The van der Waals surface area contributed by atoms with E-state index in [1.54, 1.807) is 42.5 Å². The summed E-state index contributed by atoms with van der Waals surface area (Å²) in [6, 6.07) is 11.6. The van der Waals surface area contributed by atoms with E-state index >= 15 is 0 Å². The molecule has 0 radical (unpaired) electrons. The third-order valence-corrected chi connectivity index (χ3v) is 4.11. The van der Waals surface area contributed by atoms with E-state index in [0.29, 0.717) is 28.3 Å². The van der Waals surface area contributed by atoms with E-state index in [1.165, 1.54) is 0 Å². The van der Waals surface area contributed by atoms with Gasteiger partial charge in [-0.15, -0.1) is 0 Å². The first-order chi connectivity index (χ1) is 11.1. The number of ketones is 1. The lowest BCUT2D eigenvalue weighted by atomic mass is 9.88. The number of hydrogen-bond donors (Lipinski definition) is 2. The highest BCUT2D eigenvalue weighted by atomic mass is 16.7. The molecular formula is C17H13NO5. The summed E-state index contributed by atoms with van der Waals surface area (Å²) in [4.78, 5) is 24.7. The van der Waals surface area contributed by atoms with E-state index < -0.39 is 11.5 Å². The number of ether oxygens (including phenoxy) is 2. The van der Waals surface area contributed by atoms with E-state index in [4.69, 9.17) is 9.47 Å². The van der Waals surface area contributed by atoms with Crippen LogP contribution in [-0.4, -0.2) is 23.6 Å². The van der Waals surface area contributed by atoms with Crippen LogP contribution in [0.4, 0.5) is 5.69 Å². The molecule has 2 heterocycles. The van der Waals surface area contributed by atoms with Crippen molar-refractivity contribution in [3.05, 3.63) is 53.6 Å². The second-order valence-corrected chi connectivity index (χ2v) is 5.53. The first-order valence-corrected chi connectivity index (χ1v) is 7.14. The Balaban J connectivity index is 1.65. The molecular weight excluding hydrogens is 298 g/mol. The van der Waals surface area contributed by atoms with Crippen molar-refractivity contribution in [2.75, 3.05) is 12.1 Å². The van der Waals surface area contributed by atoms with Gasteiger partial charge >= 0.3 is 0 Å². The highest BCUT2D eigenvalue weighted by molar-refractivity contribution is 6.09. The average Bonchev–Trinajstić information content (AvgIpc) is 3.11. The Bertz CT molecular complexity index is 831. The number of nitrogens with one attached hydrogen (secondary N) is 1. The zero-order chi connectivity index (χ0) is 16.0. The topological polar surface area (TPSA) is 84.9 Å². The minimum Gasteiger partial charge on any atom is -0.454 e. The summed E-state index contributed by atoms with van der Waals surface area (Å²) >= 11 is 0. The number of carbonyl (C=O) groups excluding carboxylic acids is 2. The van der Waals surface area contributed by atoms with Gasteiger partial charge in [0, 0.05) is 16.8 Å². The van der Waals surface area contributed by atoms with Gasteiger partial charge in [-0.1, -0.05) is 18.2 Å². The Hall–Kier alpha value is -2.86. The van der Waals surface area contributed by atoms with Crippen LogP contribution in [0.15, 0.2) is 42.5 Å². The van der Waals surface area contributed by atoms with E-state index in [1.807, 2.05) is 0 Å². The molecule has 2 aromatic rings. The van der Waals surface area contributed by atoms with Gasteiger partial charge in [0.25, 0.3) is 5.91 Å². The third-order valence-electron chi connectivity index (χ3n) is 4.11. The lowest BCUT2D eigenvalue weighted by molar-refractivity contribution is -0.133.